The minimum Gasteiger partial charge on any atom is -0.501 e. The summed E-state index contributed by atoms with van der Waals surface area (Å²) in [6, 6.07) is 8.23. The molecule has 1 aliphatic heterocycles. The van der Waals surface area contributed by atoms with E-state index in [2.05, 4.69) is 13.5 Å². The summed E-state index contributed by atoms with van der Waals surface area (Å²) in [5, 5.41) is 0. The first-order valence-corrected chi connectivity index (χ1v) is 9.48. The maximum atomic E-state index is 13.0. The van der Waals surface area contributed by atoms with Gasteiger partial charge in [0.1, 0.15) is 5.75 Å². The van der Waals surface area contributed by atoms with Gasteiger partial charge in [-0.1, -0.05) is 30.9 Å². The molecule has 27 heavy (non-hydrogen) atoms. The molecule has 0 bridgehead atoms. The number of methoxy groups -OCH3 is 2. The standard InChI is InChI=1S/C23H31NO3/c1-6-19(10-9-18(3)26-4)22(20-11-13-21(27-5)14-12-20)16-23(25)24-15-7-8-17(24)2/h6,9-14,17,22H,1,7-8,15-16H2,2-5H3/b18-9+,19-10+. The van der Waals surface area contributed by atoms with Crippen LogP contribution >= 0.6 is 0 Å². The Kier molecular flexibility index (Phi) is 7.71. The molecule has 2 unspecified atom stereocenters. The first-order valence-electron chi connectivity index (χ1n) is 9.48. The Balaban J connectivity index is 2.34. The molecule has 0 spiro atoms. The lowest BCUT2D eigenvalue weighted by atomic mass is 9.87. The van der Waals surface area contributed by atoms with E-state index < -0.39 is 0 Å². The van der Waals surface area contributed by atoms with Gasteiger partial charge in [0.2, 0.25) is 5.91 Å². The fourth-order valence-corrected chi connectivity index (χ4v) is 3.47. The lowest BCUT2D eigenvalue weighted by Gasteiger charge is -2.25. The third-order valence-electron chi connectivity index (χ3n) is 5.24. The summed E-state index contributed by atoms with van der Waals surface area (Å²) >= 11 is 0. The van der Waals surface area contributed by atoms with Crippen LogP contribution in [0, 0.1) is 0 Å². The number of amides is 1. The van der Waals surface area contributed by atoms with Gasteiger partial charge in [0.05, 0.1) is 20.0 Å². The molecule has 0 N–H and O–H groups in total. The summed E-state index contributed by atoms with van der Waals surface area (Å²) in [5.41, 5.74) is 2.07. The Labute approximate surface area is 163 Å². The van der Waals surface area contributed by atoms with E-state index in [4.69, 9.17) is 9.47 Å². The molecule has 1 saturated heterocycles. The molecule has 1 heterocycles. The van der Waals surface area contributed by atoms with Crippen LogP contribution in [0.1, 0.15) is 44.6 Å². The lowest BCUT2D eigenvalue weighted by molar-refractivity contribution is -0.131. The number of likely N-dealkylation sites (tertiary alicyclic amines) is 1. The van der Waals surface area contributed by atoms with Gasteiger partial charge in [0, 0.05) is 24.9 Å². The van der Waals surface area contributed by atoms with Crippen molar-refractivity contribution in [3.8, 4) is 5.75 Å². The highest BCUT2D eigenvalue weighted by atomic mass is 16.5. The topological polar surface area (TPSA) is 38.8 Å². The second-order valence-electron chi connectivity index (χ2n) is 6.96. The van der Waals surface area contributed by atoms with Gasteiger partial charge >= 0.3 is 0 Å². The summed E-state index contributed by atoms with van der Waals surface area (Å²) in [7, 11) is 3.30. The second-order valence-corrected chi connectivity index (χ2v) is 6.96. The number of hydrogen-bond acceptors (Lipinski definition) is 3. The third-order valence-corrected chi connectivity index (χ3v) is 5.24. The summed E-state index contributed by atoms with van der Waals surface area (Å²) < 4.78 is 10.5. The molecular weight excluding hydrogens is 338 g/mol. The number of carbonyl (C=O) groups is 1. The Morgan fingerprint density at radius 3 is 2.52 bits per heavy atom. The van der Waals surface area contributed by atoms with Gasteiger partial charge in [-0.2, -0.15) is 0 Å². The van der Waals surface area contributed by atoms with Crippen LogP contribution in [0.15, 0.2) is 60.4 Å². The molecule has 1 aromatic rings. The zero-order valence-corrected chi connectivity index (χ0v) is 16.9. The van der Waals surface area contributed by atoms with Crippen LogP contribution in [0.3, 0.4) is 0 Å². The van der Waals surface area contributed by atoms with Gasteiger partial charge in [0.25, 0.3) is 0 Å². The molecule has 0 aromatic heterocycles. The van der Waals surface area contributed by atoms with Crippen molar-refractivity contribution >= 4 is 5.91 Å². The molecule has 2 atom stereocenters. The molecule has 1 amide bonds. The van der Waals surface area contributed by atoms with E-state index in [-0.39, 0.29) is 11.8 Å². The highest BCUT2D eigenvalue weighted by molar-refractivity contribution is 5.78. The van der Waals surface area contributed by atoms with Crippen molar-refractivity contribution in [2.45, 2.75) is 45.1 Å². The quantitative estimate of drug-likeness (QED) is 0.486. The first-order chi connectivity index (χ1) is 13.0. The summed E-state index contributed by atoms with van der Waals surface area (Å²) in [6.45, 7) is 8.86. The van der Waals surface area contributed by atoms with Crippen LogP contribution in [-0.4, -0.2) is 37.6 Å². The zero-order chi connectivity index (χ0) is 19.8. The zero-order valence-electron chi connectivity index (χ0n) is 16.9. The molecule has 4 nitrogen and oxygen atoms in total. The van der Waals surface area contributed by atoms with Gasteiger partial charge in [-0.25, -0.2) is 0 Å². The molecule has 1 aliphatic rings. The van der Waals surface area contributed by atoms with E-state index in [9.17, 15) is 4.79 Å². The Morgan fingerprint density at radius 1 is 1.30 bits per heavy atom. The largest absolute Gasteiger partial charge is 0.501 e. The Hall–Kier alpha value is -2.49. The molecule has 146 valence electrons. The van der Waals surface area contributed by atoms with Crippen LogP contribution in [0.4, 0.5) is 0 Å². The van der Waals surface area contributed by atoms with Gasteiger partial charge in [-0.3, -0.25) is 4.79 Å². The minimum atomic E-state index is -0.0605. The number of hydrogen-bond donors (Lipinski definition) is 0. The smallest absolute Gasteiger partial charge is 0.223 e. The fourth-order valence-electron chi connectivity index (χ4n) is 3.47. The van der Waals surface area contributed by atoms with Crippen LogP contribution in [0.25, 0.3) is 0 Å². The summed E-state index contributed by atoms with van der Waals surface area (Å²) in [5.74, 6) is 1.74. The molecule has 4 heteroatoms. The summed E-state index contributed by atoms with van der Waals surface area (Å²) in [4.78, 5) is 15.0. The number of rotatable bonds is 8. The summed E-state index contributed by atoms with van der Waals surface area (Å²) in [6.07, 6.45) is 8.32. The lowest BCUT2D eigenvalue weighted by Crippen LogP contribution is -2.34. The predicted molar refractivity (Wildman–Crippen MR) is 110 cm³/mol. The van der Waals surface area contributed by atoms with Crippen LogP contribution in [0.5, 0.6) is 5.75 Å². The average Bonchev–Trinajstić information content (AvgIpc) is 3.13. The molecular formula is C23H31NO3. The van der Waals surface area contributed by atoms with Gasteiger partial charge in [-0.05, 0) is 56.0 Å². The van der Waals surface area contributed by atoms with Crippen LogP contribution in [0.2, 0.25) is 0 Å². The van der Waals surface area contributed by atoms with Crippen molar-refractivity contribution < 1.29 is 14.3 Å². The van der Waals surface area contributed by atoms with E-state index in [1.54, 1.807) is 14.2 Å². The maximum absolute atomic E-state index is 13.0. The molecule has 0 radical (unpaired) electrons. The number of ether oxygens (including phenoxy) is 2. The van der Waals surface area contributed by atoms with Gasteiger partial charge in [-0.15, -0.1) is 0 Å². The normalized spacial score (nSPS) is 19.0. The number of allylic oxidation sites excluding steroid dienone is 5. The van der Waals surface area contributed by atoms with Crippen molar-refractivity contribution in [1.82, 2.24) is 4.90 Å². The monoisotopic (exact) mass is 369 g/mol. The van der Waals surface area contributed by atoms with E-state index in [0.717, 1.165) is 42.0 Å². The number of carbonyl (C=O) groups excluding carboxylic acids is 1. The van der Waals surface area contributed by atoms with Crippen molar-refractivity contribution in [3.63, 3.8) is 0 Å². The van der Waals surface area contributed by atoms with Crippen molar-refractivity contribution in [2.75, 3.05) is 20.8 Å². The highest BCUT2D eigenvalue weighted by Gasteiger charge is 2.28. The third kappa shape index (κ3) is 5.49. The minimum absolute atomic E-state index is 0.0605. The van der Waals surface area contributed by atoms with E-state index in [1.807, 2.05) is 54.3 Å². The van der Waals surface area contributed by atoms with Crippen LogP contribution in [-0.2, 0) is 9.53 Å². The Bertz CT molecular complexity index is 703. The Morgan fingerprint density at radius 2 is 2.00 bits per heavy atom. The first kappa shape index (κ1) is 20.8. The number of benzene rings is 1. The molecule has 1 aromatic carbocycles. The highest BCUT2D eigenvalue weighted by Crippen LogP contribution is 2.32. The SMILES string of the molecule is C=C/C(=C\C=C(/C)OC)C(CC(=O)N1CCCC1C)c1ccc(OC)cc1. The van der Waals surface area contributed by atoms with Gasteiger partial charge in [0.15, 0.2) is 0 Å². The van der Waals surface area contributed by atoms with E-state index >= 15 is 0 Å². The van der Waals surface area contributed by atoms with Crippen molar-refractivity contribution in [3.05, 3.63) is 66.0 Å². The second kappa shape index (κ2) is 10.0. The van der Waals surface area contributed by atoms with Crippen molar-refractivity contribution in [2.24, 2.45) is 0 Å². The number of nitrogens with zero attached hydrogens (tertiary/aromatic N) is 1. The van der Waals surface area contributed by atoms with E-state index in [0.29, 0.717) is 12.5 Å². The molecule has 0 aliphatic carbocycles. The van der Waals surface area contributed by atoms with Crippen LogP contribution < -0.4 is 4.74 Å². The van der Waals surface area contributed by atoms with Gasteiger partial charge < -0.3 is 14.4 Å². The molecule has 2 rings (SSSR count). The van der Waals surface area contributed by atoms with Crippen molar-refractivity contribution in [1.29, 1.82) is 0 Å². The molecule has 0 saturated carbocycles. The maximum Gasteiger partial charge on any atom is 0.223 e. The predicted octanol–water partition coefficient (Wildman–Crippen LogP) is 4.84. The fraction of sp³-hybridized carbons (Fsp3) is 0.435. The molecule has 1 fully saturated rings. The average molecular weight is 370 g/mol. The van der Waals surface area contributed by atoms with E-state index in [1.165, 1.54) is 0 Å².